The van der Waals surface area contributed by atoms with Crippen molar-refractivity contribution in [2.75, 3.05) is 11.4 Å². The fourth-order valence-corrected chi connectivity index (χ4v) is 3.13. The van der Waals surface area contributed by atoms with Crippen molar-refractivity contribution in [3.63, 3.8) is 0 Å². The van der Waals surface area contributed by atoms with Crippen LogP contribution in [-0.2, 0) is 16.1 Å². The minimum Gasteiger partial charge on any atom is -0.407 e. The third kappa shape index (κ3) is 4.06. The van der Waals surface area contributed by atoms with Crippen LogP contribution >= 0.6 is 11.6 Å². The molecule has 0 spiro atoms. The summed E-state index contributed by atoms with van der Waals surface area (Å²) in [6, 6.07) is 12.1. The minimum absolute atomic E-state index is 0.0702. The standard InChI is InChI=1S/C19H15ClFN3O4/c20-14-7-12(8-15(21)9-14)11-23-18(26)28-19(27)5-6-24(17(19)25)16-4-2-1-3-13(16)10-22/h1-4,7-9,27H,5-6,11H2,(H,23,26). The maximum absolute atomic E-state index is 13.3. The van der Waals surface area contributed by atoms with Crippen LogP contribution in [0.15, 0.2) is 42.5 Å². The molecule has 2 aromatic rings. The Morgan fingerprint density at radius 1 is 1.39 bits per heavy atom. The van der Waals surface area contributed by atoms with Gasteiger partial charge in [0.1, 0.15) is 11.9 Å². The fourth-order valence-electron chi connectivity index (χ4n) is 2.89. The van der Waals surface area contributed by atoms with E-state index >= 15 is 0 Å². The number of rotatable bonds is 4. The van der Waals surface area contributed by atoms with Gasteiger partial charge in [0, 0.05) is 24.5 Å². The molecule has 1 fully saturated rings. The Morgan fingerprint density at radius 2 is 2.14 bits per heavy atom. The molecule has 0 bridgehead atoms. The number of halogens is 2. The average molecular weight is 404 g/mol. The average Bonchev–Trinajstić information content (AvgIpc) is 2.94. The van der Waals surface area contributed by atoms with E-state index in [1.807, 2.05) is 6.07 Å². The number of nitriles is 1. The number of para-hydroxylation sites is 1. The zero-order valence-electron chi connectivity index (χ0n) is 14.5. The predicted molar refractivity (Wildman–Crippen MR) is 97.8 cm³/mol. The van der Waals surface area contributed by atoms with Crippen LogP contribution < -0.4 is 10.2 Å². The highest BCUT2D eigenvalue weighted by atomic mass is 35.5. The number of alkyl carbamates (subject to hydrolysis) is 1. The SMILES string of the molecule is N#Cc1ccccc1N1CCC(O)(OC(=O)NCc2cc(F)cc(Cl)c2)C1=O. The monoisotopic (exact) mass is 403 g/mol. The summed E-state index contributed by atoms with van der Waals surface area (Å²) in [6.45, 7) is -0.0393. The lowest BCUT2D eigenvalue weighted by Gasteiger charge is -2.23. The van der Waals surface area contributed by atoms with Crippen LogP contribution in [0.2, 0.25) is 5.02 Å². The van der Waals surface area contributed by atoms with E-state index in [1.165, 1.54) is 23.1 Å². The number of nitrogens with zero attached hydrogens (tertiary/aromatic N) is 2. The molecule has 0 aromatic heterocycles. The second kappa shape index (κ2) is 7.84. The number of amides is 2. The number of anilines is 1. The quantitative estimate of drug-likeness (QED) is 0.764. The first-order valence-electron chi connectivity index (χ1n) is 8.28. The van der Waals surface area contributed by atoms with Gasteiger partial charge in [0.25, 0.3) is 11.7 Å². The number of carbonyl (C=O) groups is 2. The summed E-state index contributed by atoms with van der Waals surface area (Å²) >= 11 is 5.75. The van der Waals surface area contributed by atoms with Gasteiger partial charge in [-0.25, -0.2) is 9.18 Å². The lowest BCUT2D eigenvalue weighted by Crippen LogP contribution is -2.46. The lowest BCUT2D eigenvalue weighted by molar-refractivity contribution is -0.175. The van der Waals surface area contributed by atoms with Crippen LogP contribution in [0.3, 0.4) is 0 Å². The van der Waals surface area contributed by atoms with E-state index in [1.54, 1.807) is 18.2 Å². The van der Waals surface area contributed by atoms with Gasteiger partial charge in [-0.05, 0) is 35.9 Å². The molecule has 7 nitrogen and oxygen atoms in total. The predicted octanol–water partition coefficient (Wildman–Crippen LogP) is 2.70. The van der Waals surface area contributed by atoms with E-state index in [2.05, 4.69) is 5.32 Å². The topological polar surface area (TPSA) is 103 Å². The third-order valence-electron chi connectivity index (χ3n) is 4.19. The molecule has 1 unspecified atom stereocenters. The van der Waals surface area contributed by atoms with Crippen LogP contribution in [0.1, 0.15) is 17.5 Å². The minimum atomic E-state index is -2.35. The molecule has 144 valence electrons. The first kappa shape index (κ1) is 19.6. The van der Waals surface area contributed by atoms with Crippen molar-refractivity contribution in [2.45, 2.75) is 18.8 Å². The molecule has 28 heavy (non-hydrogen) atoms. The number of ether oxygens (including phenoxy) is 1. The highest BCUT2D eigenvalue weighted by Gasteiger charge is 2.50. The Morgan fingerprint density at radius 3 is 2.86 bits per heavy atom. The van der Waals surface area contributed by atoms with Crippen molar-refractivity contribution in [1.82, 2.24) is 5.32 Å². The summed E-state index contributed by atoms with van der Waals surface area (Å²) in [4.78, 5) is 25.8. The molecule has 1 heterocycles. The van der Waals surface area contributed by atoms with E-state index in [0.29, 0.717) is 11.3 Å². The van der Waals surface area contributed by atoms with Gasteiger partial charge in [0.15, 0.2) is 0 Å². The number of nitrogens with one attached hydrogen (secondary N) is 1. The smallest absolute Gasteiger partial charge is 0.407 e. The van der Waals surface area contributed by atoms with Crippen LogP contribution in [0.25, 0.3) is 0 Å². The van der Waals surface area contributed by atoms with E-state index in [9.17, 15) is 24.3 Å². The first-order chi connectivity index (χ1) is 13.3. The van der Waals surface area contributed by atoms with Crippen molar-refractivity contribution >= 4 is 29.3 Å². The number of aliphatic hydroxyl groups is 1. The highest BCUT2D eigenvalue weighted by Crippen LogP contribution is 2.31. The summed E-state index contributed by atoms with van der Waals surface area (Å²) in [5.41, 5.74) is 0.966. The van der Waals surface area contributed by atoms with Crippen molar-refractivity contribution in [3.05, 3.63) is 64.4 Å². The van der Waals surface area contributed by atoms with E-state index in [4.69, 9.17) is 16.3 Å². The van der Waals surface area contributed by atoms with Crippen molar-refractivity contribution < 1.29 is 23.8 Å². The summed E-state index contributed by atoms with van der Waals surface area (Å²) in [6.07, 6.45) is -1.21. The Labute approximate surface area is 164 Å². The Hall–Kier alpha value is -3.15. The van der Waals surface area contributed by atoms with Gasteiger partial charge in [0.2, 0.25) is 0 Å². The lowest BCUT2D eigenvalue weighted by atomic mass is 10.2. The van der Waals surface area contributed by atoms with E-state index < -0.39 is 23.6 Å². The number of hydrogen-bond acceptors (Lipinski definition) is 5. The van der Waals surface area contributed by atoms with E-state index in [-0.39, 0.29) is 30.1 Å². The number of hydrogen-bond donors (Lipinski definition) is 2. The number of carbonyl (C=O) groups excluding carboxylic acids is 2. The molecular weight excluding hydrogens is 389 g/mol. The maximum atomic E-state index is 13.3. The first-order valence-corrected chi connectivity index (χ1v) is 8.65. The molecule has 2 aromatic carbocycles. The van der Waals surface area contributed by atoms with Gasteiger partial charge < -0.3 is 20.1 Å². The highest BCUT2D eigenvalue weighted by molar-refractivity contribution is 6.30. The summed E-state index contributed by atoms with van der Waals surface area (Å²) in [5.74, 6) is -3.76. The Kier molecular flexibility index (Phi) is 5.49. The molecule has 1 saturated heterocycles. The molecule has 0 aliphatic carbocycles. The molecule has 3 rings (SSSR count). The molecule has 0 saturated carbocycles. The normalized spacial score (nSPS) is 18.6. The number of benzene rings is 2. The van der Waals surface area contributed by atoms with Gasteiger partial charge in [-0.1, -0.05) is 23.7 Å². The molecular formula is C19H15ClFN3O4. The second-order valence-corrected chi connectivity index (χ2v) is 6.58. The summed E-state index contributed by atoms with van der Waals surface area (Å²) < 4.78 is 18.2. The van der Waals surface area contributed by atoms with Gasteiger partial charge >= 0.3 is 6.09 Å². The molecule has 1 aliphatic rings. The molecule has 9 heteroatoms. The van der Waals surface area contributed by atoms with Gasteiger partial charge in [-0.3, -0.25) is 4.79 Å². The Bertz CT molecular complexity index is 958. The van der Waals surface area contributed by atoms with Crippen molar-refractivity contribution in [1.29, 1.82) is 5.26 Å². The molecule has 2 N–H and O–H groups in total. The maximum Gasteiger partial charge on any atom is 0.410 e. The van der Waals surface area contributed by atoms with Gasteiger partial charge in [-0.15, -0.1) is 0 Å². The molecule has 2 amide bonds. The van der Waals surface area contributed by atoms with Gasteiger partial charge in [-0.2, -0.15) is 5.26 Å². The zero-order chi connectivity index (χ0) is 20.3. The van der Waals surface area contributed by atoms with Crippen molar-refractivity contribution in [2.24, 2.45) is 0 Å². The molecule has 1 atom stereocenters. The van der Waals surface area contributed by atoms with Crippen LogP contribution in [-0.4, -0.2) is 29.4 Å². The van der Waals surface area contributed by atoms with Crippen LogP contribution in [0, 0.1) is 17.1 Å². The van der Waals surface area contributed by atoms with Crippen LogP contribution in [0.4, 0.5) is 14.9 Å². The second-order valence-electron chi connectivity index (χ2n) is 6.14. The zero-order valence-corrected chi connectivity index (χ0v) is 15.2. The molecule has 1 aliphatic heterocycles. The van der Waals surface area contributed by atoms with Crippen LogP contribution in [0.5, 0.6) is 0 Å². The summed E-state index contributed by atoms with van der Waals surface area (Å²) in [5, 5.41) is 22.2. The van der Waals surface area contributed by atoms with Crippen molar-refractivity contribution in [3.8, 4) is 6.07 Å². The largest absolute Gasteiger partial charge is 0.410 e. The summed E-state index contributed by atoms with van der Waals surface area (Å²) in [7, 11) is 0. The fraction of sp³-hybridized carbons (Fsp3) is 0.211. The third-order valence-corrected chi connectivity index (χ3v) is 4.41. The van der Waals surface area contributed by atoms with E-state index in [0.717, 1.165) is 6.07 Å². The molecule has 0 radical (unpaired) electrons. The Balaban J connectivity index is 1.66. The van der Waals surface area contributed by atoms with Gasteiger partial charge in [0.05, 0.1) is 11.3 Å².